The van der Waals surface area contributed by atoms with Crippen molar-refractivity contribution in [2.45, 2.75) is 6.92 Å². The third kappa shape index (κ3) is 5.49. The highest BCUT2D eigenvalue weighted by Gasteiger charge is 2.37. The number of carbonyl (C=O) groups is 4. The van der Waals surface area contributed by atoms with Crippen LogP contribution in [0.4, 0.5) is 20.6 Å². The Hall–Kier alpha value is -4.31. The van der Waals surface area contributed by atoms with Gasteiger partial charge in [0.1, 0.15) is 17.1 Å². The summed E-state index contributed by atoms with van der Waals surface area (Å²) in [4.78, 5) is 50.9. The van der Waals surface area contributed by atoms with Gasteiger partial charge in [-0.2, -0.15) is 0 Å². The average Bonchev–Trinajstić information content (AvgIpc) is 2.84. The Morgan fingerprint density at radius 1 is 1.08 bits per heavy atom. The van der Waals surface area contributed by atoms with E-state index in [9.17, 15) is 23.6 Å². The summed E-state index contributed by atoms with van der Waals surface area (Å²) in [6, 6.07) is 16.1. The molecule has 8 nitrogen and oxygen atoms in total. The Morgan fingerprint density at radius 2 is 1.81 bits per heavy atom. The molecule has 36 heavy (non-hydrogen) atoms. The highest BCUT2D eigenvalue weighted by Crippen LogP contribution is 2.29. The number of benzene rings is 3. The van der Waals surface area contributed by atoms with Gasteiger partial charge in [-0.1, -0.05) is 24.3 Å². The molecule has 4 rings (SSSR count). The summed E-state index contributed by atoms with van der Waals surface area (Å²) < 4.78 is 19.0. The molecule has 0 atom stereocenters. The molecule has 0 spiro atoms. The lowest BCUT2D eigenvalue weighted by Crippen LogP contribution is -2.54. The number of urea groups is 1. The predicted octanol–water partition coefficient (Wildman–Crippen LogP) is 4.58. The highest BCUT2D eigenvalue weighted by molar-refractivity contribution is 9.10. The zero-order valence-corrected chi connectivity index (χ0v) is 20.5. The second kappa shape index (κ2) is 10.5. The first-order valence-electron chi connectivity index (χ1n) is 10.7. The summed E-state index contributed by atoms with van der Waals surface area (Å²) in [5.41, 5.74) is 1.78. The maximum absolute atomic E-state index is 13.1. The van der Waals surface area contributed by atoms with Crippen LogP contribution >= 0.6 is 15.9 Å². The summed E-state index contributed by atoms with van der Waals surface area (Å²) in [5.74, 6) is -2.05. The molecular weight excluding hydrogens is 533 g/mol. The minimum absolute atomic E-state index is 0.211. The number of nitrogens with one attached hydrogen (secondary N) is 2. The third-order valence-corrected chi connectivity index (χ3v) is 5.83. The first-order valence-corrected chi connectivity index (χ1v) is 11.5. The lowest BCUT2D eigenvalue weighted by Gasteiger charge is -2.27. The topological polar surface area (TPSA) is 105 Å². The van der Waals surface area contributed by atoms with E-state index in [4.69, 9.17) is 4.74 Å². The van der Waals surface area contributed by atoms with Gasteiger partial charge in [-0.3, -0.25) is 19.7 Å². The fraction of sp³-hybridized carbons (Fsp3) is 0.0769. The van der Waals surface area contributed by atoms with Gasteiger partial charge in [0.05, 0.1) is 10.2 Å². The number of anilines is 2. The van der Waals surface area contributed by atoms with Crippen LogP contribution in [0.15, 0.2) is 76.8 Å². The summed E-state index contributed by atoms with van der Waals surface area (Å²) >= 11 is 3.36. The van der Waals surface area contributed by atoms with Crippen LogP contribution in [0.1, 0.15) is 11.1 Å². The third-order valence-electron chi connectivity index (χ3n) is 5.21. The van der Waals surface area contributed by atoms with Gasteiger partial charge >= 0.3 is 6.03 Å². The van der Waals surface area contributed by atoms with Crippen LogP contribution in [0.3, 0.4) is 0 Å². The van der Waals surface area contributed by atoms with Crippen molar-refractivity contribution in [1.29, 1.82) is 0 Å². The van der Waals surface area contributed by atoms with Crippen LogP contribution in [-0.4, -0.2) is 30.4 Å². The van der Waals surface area contributed by atoms with E-state index in [1.807, 2.05) is 0 Å². The van der Waals surface area contributed by atoms with Crippen molar-refractivity contribution in [1.82, 2.24) is 5.32 Å². The molecule has 1 saturated heterocycles. The van der Waals surface area contributed by atoms with Crippen LogP contribution in [0, 0.1) is 12.7 Å². The minimum Gasteiger partial charge on any atom is -0.483 e. The second-order valence-electron chi connectivity index (χ2n) is 7.78. The zero-order chi connectivity index (χ0) is 25.8. The van der Waals surface area contributed by atoms with Crippen molar-refractivity contribution in [2.75, 3.05) is 16.8 Å². The number of halogens is 2. The number of carbonyl (C=O) groups excluding carboxylic acids is 4. The van der Waals surface area contributed by atoms with E-state index in [2.05, 4.69) is 26.6 Å². The molecule has 1 aliphatic rings. The maximum Gasteiger partial charge on any atom is 0.335 e. The van der Waals surface area contributed by atoms with Crippen molar-refractivity contribution in [3.8, 4) is 5.75 Å². The molecule has 1 fully saturated rings. The Kier molecular flexibility index (Phi) is 7.25. The number of nitrogens with zero attached hydrogens (tertiary/aromatic N) is 1. The molecule has 10 heteroatoms. The largest absolute Gasteiger partial charge is 0.483 e. The molecule has 0 radical (unpaired) electrons. The summed E-state index contributed by atoms with van der Waals surface area (Å²) in [7, 11) is 0. The molecule has 3 aromatic rings. The lowest BCUT2D eigenvalue weighted by atomic mass is 10.1. The molecular formula is C26H19BrFN3O5. The van der Waals surface area contributed by atoms with E-state index in [1.54, 1.807) is 49.4 Å². The van der Waals surface area contributed by atoms with E-state index in [0.717, 1.165) is 4.90 Å². The second-order valence-corrected chi connectivity index (χ2v) is 8.63. The molecule has 0 aliphatic carbocycles. The summed E-state index contributed by atoms with van der Waals surface area (Å²) in [5, 5.41) is 4.78. The number of amides is 5. The number of rotatable bonds is 6. The molecule has 182 valence electrons. The SMILES string of the molecule is Cc1ccccc1N1C(=O)NC(=O)/C(=C\c2ccc(OCC(=O)Nc3ccc(F)cc3)c(Br)c2)C1=O. The van der Waals surface area contributed by atoms with Crippen molar-refractivity contribution >= 4 is 57.1 Å². The van der Waals surface area contributed by atoms with Crippen molar-refractivity contribution in [3.63, 3.8) is 0 Å². The molecule has 5 amide bonds. The van der Waals surface area contributed by atoms with Crippen LogP contribution < -0.4 is 20.3 Å². The minimum atomic E-state index is -0.819. The average molecular weight is 552 g/mol. The maximum atomic E-state index is 13.1. The van der Waals surface area contributed by atoms with Gasteiger partial charge in [-0.15, -0.1) is 0 Å². The summed E-state index contributed by atoms with van der Waals surface area (Å²) in [6.45, 7) is 1.45. The number of hydrogen-bond acceptors (Lipinski definition) is 5. The van der Waals surface area contributed by atoms with Crippen molar-refractivity contribution < 1.29 is 28.3 Å². The van der Waals surface area contributed by atoms with Crippen LogP contribution in [-0.2, 0) is 14.4 Å². The zero-order valence-electron chi connectivity index (χ0n) is 18.9. The molecule has 0 aromatic heterocycles. The van der Waals surface area contributed by atoms with E-state index in [1.165, 1.54) is 30.3 Å². The Balaban J connectivity index is 1.48. The number of imide groups is 2. The molecule has 0 bridgehead atoms. The van der Waals surface area contributed by atoms with Crippen LogP contribution in [0.25, 0.3) is 6.08 Å². The van der Waals surface area contributed by atoms with Crippen LogP contribution in [0.2, 0.25) is 0 Å². The van der Waals surface area contributed by atoms with E-state index in [-0.39, 0.29) is 12.2 Å². The molecule has 2 N–H and O–H groups in total. The number of hydrogen-bond donors (Lipinski definition) is 2. The number of aryl methyl sites for hydroxylation is 1. The predicted molar refractivity (Wildman–Crippen MR) is 135 cm³/mol. The summed E-state index contributed by atoms with van der Waals surface area (Å²) in [6.07, 6.45) is 1.37. The quantitative estimate of drug-likeness (QED) is 0.344. The molecule has 1 heterocycles. The van der Waals surface area contributed by atoms with E-state index >= 15 is 0 Å². The number of ether oxygens (including phenoxy) is 1. The van der Waals surface area contributed by atoms with Gasteiger partial charge < -0.3 is 10.1 Å². The van der Waals surface area contributed by atoms with Crippen LogP contribution in [0.5, 0.6) is 5.75 Å². The standard InChI is InChI=1S/C26H19BrFN3O5/c1-15-4-2-3-5-21(15)31-25(34)19(24(33)30-26(31)35)12-16-6-11-22(20(27)13-16)36-14-23(32)29-18-9-7-17(28)8-10-18/h2-13H,14H2,1H3,(H,29,32)(H,30,33,35)/b19-12+. The normalized spacial score (nSPS) is 14.6. The van der Waals surface area contributed by atoms with Gasteiger partial charge in [0.2, 0.25) is 0 Å². The Bertz CT molecular complexity index is 1400. The van der Waals surface area contributed by atoms with Crippen molar-refractivity contribution in [3.05, 3.63) is 93.7 Å². The first kappa shape index (κ1) is 24.8. The molecule has 1 aliphatic heterocycles. The monoisotopic (exact) mass is 551 g/mol. The van der Waals surface area contributed by atoms with Gasteiger partial charge in [-0.25, -0.2) is 14.1 Å². The van der Waals surface area contributed by atoms with Gasteiger partial charge in [0, 0.05) is 5.69 Å². The molecule has 3 aromatic carbocycles. The number of para-hydroxylation sites is 1. The first-order chi connectivity index (χ1) is 17.2. The molecule has 0 saturated carbocycles. The van der Waals surface area contributed by atoms with E-state index < -0.39 is 29.6 Å². The smallest absolute Gasteiger partial charge is 0.335 e. The fourth-order valence-electron chi connectivity index (χ4n) is 3.45. The Labute approximate surface area is 213 Å². The Morgan fingerprint density at radius 3 is 2.50 bits per heavy atom. The van der Waals surface area contributed by atoms with Gasteiger partial charge in [0.25, 0.3) is 17.7 Å². The highest BCUT2D eigenvalue weighted by atomic mass is 79.9. The number of barbiturate groups is 1. The molecule has 0 unspecified atom stereocenters. The fourth-order valence-corrected chi connectivity index (χ4v) is 3.97. The lowest BCUT2D eigenvalue weighted by molar-refractivity contribution is -0.122. The van der Waals surface area contributed by atoms with Gasteiger partial charge in [0.15, 0.2) is 6.61 Å². The van der Waals surface area contributed by atoms with Gasteiger partial charge in [-0.05, 0) is 82.5 Å². The van der Waals surface area contributed by atoms with E-state index in [0.29, 0.717) is 32.7 Å². The van der Waals surface area contributed by atoms with Crippen molar-refractivity contribution in [2.24, 2.45) is 0 Å².